The molecule has 0 aliphatic carbocycles. The first-order valence-corrected chi connectivity index (χ1v) is 17.0. The lowest BCUT2D eigenvalue weighted by molar-refractivity contribution is -0.0159. The van der Waals surface area contributed by atoms with Crippen LogP contribution in [0.2, 0.25) is 0 Å². The normalized spacial score (nSPS) is 21.8. The summed E-state index contributed by atoms with van der Waals surface area (Å²) in [7, 11) is 0. The van der Waals surface area contributed by atoms with Crippen LogP contribution in [0.25, 0.3) is 0 Å². The Labute approximate surface area is 290 Å². The lowest BCUT2D eigenvalue weighted by Crippen LogP contribution is -2.55. The van der Waals surface area contributed by atoms with Gasteiger partial charge in [-0.25, -0.2) is 18.4 Å². The molecule has 10 heteroatoms. The van der Waals surface area contributed by atoms with Crippen LogP contribution in [0.5, 0.6) is 0 Å². The van der Waals surface area contributed by atoms with Gasteiger partial charge in [-0.1, -0.05) is 54.6 Å². The predicted molar refractivity (Wildman–Crippen MR) is 188 cm³/mol. The van der Waals surface area contributed by atoms with Crippen LogP contribution in [-0.2, 0) is 16.0 Å². The maximum atomic E-state index is 13.4. The minimum atomic E-state index is -0.561. The molecule has 2 fully saturated rings. The quantitative estimate of drug-likeness (QED) is 0.301. The van der Waals surface area contributed by atoms with E-state index in [-0.39, 0.29) is 48.0 Å². The van der Waals surface area contributed by atoms with Gasteiger partial charge in [-0.15, -0.1) is 0 Å². The average Bonchev–Trinajstić information content (AvgIpc) is 3.02. The van der Waals surface area contributed by atoms with Crippen molar-refractivity contribution in [2.45, 2.75) is 97.3 Å². The van der Waals surface area contributed by atoms with Gasteiger partial charge in [-0.05, 0) is 96.3 Å². The molecule has 4 atom stereocenters. The highest BCUT2D eigenvalue weighted by Crippen LogP contribution is 2.31. The Morgan fingerprint density at radius 3 is 1.65 bits per heavy atom. The number of amides is 2. The van der Waals surface area contributed by atoms with Crippen LogP contribution in [0.15, 0.2) is 78.9 Å². The van der Waals surface area contributed by atoms with Gasteiger partial charge in [0.05, 0.1) is 12.1 Å². The molecular weight excluding hydrogens is 626 g/mol. The zero-order valence-corrected chi connectivity index (χ0v) is 30.1. The lowest BCUT2D eigenvalue weighted by Gasteiger charge is -2.45. The fourth-order valence-corrected chi connectivity index (χ4v) is 5.97. The second-order valence-corrected chi connectivity index (χ2v) is 15.0. The average molecular weight is 679 g/mol. The standard InChI is InChI=1S/C23H29FN2O2.C16H23FN2O2/c1-17-14-26(22(27)28-23(2,3)4)21(19-10-12-20(24)13-11-19)16-25(17)15-18-8-6-5-7-9-18;1-11-10-19(15(20)21-16(2,3)4)14(9-18-11)12-5-7-13(17)8-6-12/h5-13,17,21H,14-16H2,1-4H3;5-8,11,14,18H,9-10H2,1-4H3/t17-,21-;11-,14-/m11/s1. The summed E-state index contributed by atoms with van der Waals surface area (Å²) in [5.41, 5.74) is 1.96. The van der Waals surface area contributed by atoms with Gasteiger partial charge >= 0.3 is 12.2 Å². The highest BCUT2D eigenvalue weighted by molar-refractivity contribution is 5.70. The van der Waals surface area contributed by atoms with Crippen LogP contribution < -0.4 is 5.32 Å². The lowest BCUT2D eigenvalue weighted by atomic mass is 9.99. The first kappa shape index (κ1) is 37.8. The van der Waals surface area contributed by atoms with Gasteiger partial charge in [-0.2, -0.15) is 0 Å². The van der Waals surface area contributed by atoms with E-state index in [9.17, 15) is 18.4 Å². The smallest absolute Gasteiger partial charge is 0.410 e. The molecule has 0 saturated carbocycles. The van der Waals surface area contributed by atoms with Crippen LogP contribution >= 0.6 is 0 Å². The largest absolute Gasteiger partial charge is 0.444 e. The molecule has 0 aromatic heterocycles. The molecule has 266 valence electrons. The molecule has 49 heavy (non-hydrogen) atoms. The number of piperazine rings is 2. The van der Waals surface area contributed by atoms with Gasteiger partial charge in [0, 0.05) is 44.8 Å². The number of benzene rings is 3. The Balaban J connectivity index is 0.000000230. The summed E-state index contributed by atoms with van der Waals surface area (Å²) in [6.07, 6.45) is -0.654. The molecule has 8 nitrogen and oxygen atoms in total. The number of ether oxygens (including phenoxy) is 2. The summed E-state index contributed by atoms with van der Waals surface area (Å²) in [6.45, 7) is 18.5. The molecular formula is C39H52F2N4O4. The molecule has 2 heterocycles. The minimum Gasteiger partial charge on any atom is -0.444 e. The number of nitrogens with one attached hydrogen (secondary N) is 1. The first-order chi connectivity index (χ1) is 23.0. The SMILES string of the molecule is C[C@@H]1CN(C(=O)OC(C)(C)C)[C@@H](c2ccc(F)cc2)CN1.C[C@@H]1CN(C(=O)OC(C)(C)C)[C@@H](c2ccc(F)cc2)CN1Cc1ccccc1. The summed E-state index contributed by atoms with van der Waals surface area (Å²) >= 11 is 0. The summed E-state index contributed by atoms with van der Waals surface area (Å²) in [6, 6.07) is 23.0. The van der Waals surface area contributed by atoms with Gasteiger partial charge in [-0.3, -0.25) is 14.7 Å². The second kappa shape index (κ2) is 16.1. The molecule has 2 amide bonds. The van der Waals surface area contributed by atoms with Crippen molar-refractivity contribution in [1.29, 1.82) is 0 Å². The Bertz CT molecular complexity index is 1510. The number of rotatable bonds is 4. The zero-order valence-electron chi connectivity index (χ0n) is 30.1. The highest BCUT2D eigenvalue weighted by Gasteiger charge is 2.38. The molecule has 2 aliphatic heterocycles. The Hall–Kier alpha value is -4.02. The number of halogens is 2. The molecule has 0 bridgehead atoms. The van der Waals surface area contributed by atoms with Crippen LogP contribution in [0.4, 0.5) is 18.4 Å². The molecule has 1 N–H and O–H groups in total. The molecule has 0 spiro atoms. The fraction of sp³-hybridized carbons (Fsp3) is 0.487. The highest BCUT2D eigenvalue weighted by atomic mass is 19.1. The van der Waals surface area contributed by atoms with Gasteiger partial charge in [0.15, 0.2) is 0 Å². The molecule has 5 rings (SSSR count). The van der Waals surface area contributed by atoms with Gasteiger partial charge in [0.2, 0.25) is 0 Å². The van der Waals surface area contributed by atoms with E-state index < -0.39 is 11.2 Å². The van der Waals surface area contributed by atoms with Crippen molar-refractivity contribution in [3.8, 4) is 0 Å². The third-order valence-electron chi connectivity index (χ3n) is 8.37. The van der Waals surface area contributed by atoms with Crippen LogP contribution in [0.1, 0.15) is 84.2 Å². The third kappa shape index (κ3) is 11.3. The number of carbonyl (C=O) groups is 2. The molecule has 0 unspecified atom stereocenters. The Kier molecular flexibility index (Phi) is 12.4. The number of nitrogens with zero attached hydrogens (tertiary/aromatic N) is 3. The maximum absolute atomic E-state index is 13.4. The summed E-state index contributed by atoms with van der Waals surface area (Å²) < 4.78 is 37.7. The van der Waals surface area contributed by atoms with Crippen LogP contribution in [-0.4, -0.2) is 76.4 Å². The minimum absolute atomic E-state index is 0.142. The van der Waals surface area contributed by atoms with Crippen LogP contribution in [0, 0.1) is 11.6 Å². The Morgan fingerprint density at radius 2 is 1.16 bits per heavy atom. The topological polar surface area (TPSA) is 74.3 Å². The third-order valence-corrected chi connectivity index (χ3v) is 8.37. The van der Waals surface area contributed by atoms with E-state index in [1.807, 2.05) is 66.7 Å². The van der Waals surface area contributed by atoms with Gasteiger partial charge in [0.25, 0.3) is 0 Å². The summed E-state index contributed by atoms with van der Waals surface area (Å²) in [5.74, 6) is -0.558. The maximum Gasteiger partial charge on any atom is 0.410 e. The number of hydrogen-bond acceptors (Lipinski definition) is 6. The van der Waals surface area contributed by atoms with Crippen molar-refractivity contribution in [3.63, 3.8) is 0 Å². The predicted octanol–water partition coefficient (Wildman–Crippen LogP) is 8.10. The number of hydrogen-bond donors (Lipinski definition) is 1. The van der Waals surface area contributed by atoms with Gasteiger partial charge in [0.1, 0.15) is 22.8 Å². The molecule has 3 aromatic rings. The van der Waals surface area contributed by atoms with E-state index >= 15 is 0 Å². The van der Waals surface area contributed by atoms with Crippen molar-refractivity contribution >= 4 is 12.2 Å². The van der Waals surface area contributed by atoms with E-state index in [0.717, 1.165) is 17.7 Å². The van der Waals surface area contributed by atoms with Gasteiger partial charge < -0.3 is 14.8 Å². The van der Waals surface area contributed by atoms with E-state index in [1.165, 1.54) is 29.8 Å². The van der Waals surface area contributed by atoms with Crippen molar-refractivity contribution < 1.29 is 27.8 Å². The molecule has 3 aromatic carbocycles. The van der Waals surface area contributed by atoms with E-state index in [0.29, 0.717) is 26.2 Å². The summed E-state index contributed by atoms with van der Waals surface area (Å²) in [4.78, 5) is 31.2. The van der Waals surface area contributed by atoms with Crippen molar-refractivity contribution in [2.24, 2.45) is 0 Å². The molecule has 0 radical (unpaired) electrons. The van der Waals surface area contributed by atoms with E-state index in [4.69, 9.17) is 9.47 Å². The van der Waals surface area contributed by atoms with E-state index in [2.05, 4.69) is 29.3 Å². The fourth-order valence-electron chi connectivity index (χ4n) is 5.97. The van der Waals surface area contributed by atoms with Crippen LogP contribution in [0.3, 0.4) is 0 Å². The molecule has 2 saturated heterocycles. The Morgan fingerprint density at radius 1 is 0.694 bits per heavy atom. The van der Waals surface area contributed by atoms with Crippen molar-refractivity contribution in [3.05, 3.63) is 107 Å². The second-order valence-electron chi connectivity index (χ2n) is 15.0. The molecule has 2 aliphatic rings. The van der Waals surface area contributed by atoms with E-state index in [1.54, 1.807) is 34.1 Å². The van der Waals surface area contributed by atoms with Crippen molar-refractivity contribution in [1.82, 2.24) is 20.0 Å². The zero-order chi connectivity index (χ0) is 35.9. The van der Waals surface area contributed by atoms with Crippen molar-refractivity contribution in [2.75, 3.05) is 26.2 Å². The monoisotopic (exact) mass is 678 g/mol. The summed E-state index contributed by atoms with van der Waals surface area (Å²) in [5, 5.41) is 3.35. The number of carbonyl (C=O) groups excluding carboxylic acids is 2. The first-order valence-electron chi connectivity index (χ1n) is 17.0.